The Kier molecular flexibility index (Phi) is 13.7. The second-order valence-electron chi connectivity index (χ2n) is 7.81. The van der Waals surface area contributed by atoms with Gasteiger partial charge in [0.1, 0.15) is 19.1 Å². The molecule has 0 aliphatic carbocycles. The van der Waals surface area contributed by atoms with E-state index in [1.54, 1.807) is 19.4 Å². The van der Waals surface area contributed by atoms with Crippen molar-refractivity contribution in [2.45, 2.75) is 53.1 Å². The van der Waals surface area contributed by atoms with E-state index >= 15 is 0 Å². The maximum Gasteiger partial charge on any atom is 0.213 e. The number of hydrogen-bond donors (Lipinski definition) is 1. The van der Waals surface area contributed by atoms with Gasteiger partial charge in [-0.1, -0.05) is 70.4 Å². The Labute approximate surface area is 215 Å². The Balaban J connectivity index is 0.00000222. The Bertz CT molecular complexity index is 993. The lowest BCUT2D eigenvalue weighted by Gasteiger charge is -2.21. The van der Waals surface area contributed by atoms with Crippen LogP contribution in [0.25, 0.3) is 0 Å². The van der Waals surface area contributed by atoms with Crippen molar-refractivity contribution < 1.29 is 14.2 Å². The lowest BCUT2D eigenvalue weighted by molar-refractivity contribution is 0.138. The van der Waals surface area contributed by atoms with E-state index in [1.165, 1.54) is 17.9 Å². The van der Waals surface area contributed by atoms with E-state index in [9.17, 15) is 0 Å². The first-order valence-corrected chi connectivity index (χ1v) is 12.7. The van der Waals surface area contributed by atoms with Crippen molar-refractivity contribution >= 4 is 11.5 Å². The maximum absolute atomic E-state index is 6.45. The van der Waals surface area contributed by atoms with Crippen molar-refractivity contribution in [3.05, 3.63) is 84.1 Å². The van der Waals surface area contributed by atoms with E-state index in [0.29, 0.717) is 30.6 Å². The number of unbranched alkanes of at least 4 members (excludes halogenated alkanes) is 3. The summed E-state index contributed by atoms with van der Waals surface area (Å²) in [6.07, 6.45) is 6.26. The van der Waals surface area contributed by atoms with Gasteiger partial charge in [-0.3, -0.25) is 5.01 Å². The van der Waals surface area contributed by atoms with Crippen molar-refractivity contribution in [2.75, 3.05) is 25.5 Å². The van der Waals surface area contributed by atoms with Gasteiger partial charge in [-0.2, -0.15) is 0 Å². The van der Waals surface area contributed by atoms with E-state index in [1.807, 2.05) is 74.5 Å². The van der Waals surface area contributed by atoms with Gasteiger partial charge in [-0.05, 0) is 42.3 Å². The Morgan fingerprint density at radius 1 is 0.944 bits per heavy atom. The molecule has 0 amide bonds. The minimum absolute atomic E-state index is 0.227. The topological polar surface area (TPSA) is 82.2 Å². The predicted octanol–water partition coefficient (Wildman–Crippen LogP) is 6.38. The smallest absolute Gasteiger partial charge is 0.213 e. The highest BCUT2D eigenvalue weighted by molar-refractivity contribution is 6.09. The van der Waals surface area contributed by atoms with Gasteiger partial charge in [0.2, 0.25) is 5.88 Å². The number of nitrogens with two attached hydrogens (primary N) is 1. The molecule has 7 nitrogen and oxygen atoms in total. The van der Waals surface area contributed by atoms with Gasteiger partial charge in [0, 0.05) is 18.2 Å². The molecule has 0 saturated carbocycles. The molecule has 7 heteroatoms. The van der Waals surface area contributed by atoms with Crippen LogP contribution < -0.4 is 20.3 Å². The lowest BCUT2D eigenvalue weighted by atomic mass is 10.2. The third kappa shape index (κ3) is 9.68. The van der Waals surface area contributed by atoms with Crippen LogP contribution in [0.3, 0.4) is 0 Å². The Hall–Kier alpha value is -3.42. The minimum Gasteiger partial charge on any atom is -0.489 e. The van der Waals surface area contributed by atoms with Gasteiger partial charge in [0.05, 0.1) is 19.0 Å². The number of hydrazine groups is 1. The molecule has 36 heavy (non-hydrogen) atoms. The largest absolute Gasteiger partial charge is 0.489 e. The van der Waals surface area contributed by atoms with Gasteiger partial charge in [0.15, 0.2) is 5.84 Å². The first-order chi connectivity index (χ1) is 17.7. The van der Waals surface area contributed by atoms with Crippen LogP contribution >= 0.6 is 0 Å². The number of anilines is 1. The zero-order valence-electron chi connectivity index (χ0n) is 22.0. The molecular formula is C29H40N4O3. The fourth-order valence-corrected chi connectivity index (χ4v) is 3.31. The molecule has 3 rings (SSSR count). The molecule has 0 unspecified atom stereocenters. The van der Waals surface area contributed by atoms with E-state index in [-0.39, 0.29) is 6.73 Å². The molecule has 0 fully saturated rings. The average molecular weight is 493 g/mol. The van der Waals surface area contributed by atoms with Gasteiger partial charge >= 0.3 is 0 Å². The number of amidine groups is 1. The summed E-state index contributed by atoms with van der Waals surface area (Å²) in [5.41, 5.74) is 2.65. The fraction of sp³-hybridized carbons (Fsp3) is 0.379. The molecule has 0 aliphatic heterocycles. The van der Waals surface area contributed by atoms with Crippen LogP contribution in [0.5, 0.6) is 11.6 Å². The normalized spacial score (nSPS) is 10.9. The van der Waals surface area contributed by atoms with Crippen LogP contribution in [0.2, 0.25) is 0 Å². The van der Waals surface area contributed by atoms with Gasteiger partial charge < -0.3 is 14.2 Å². The fourth-order valence-electron chi connectivity index (χ4n) is 3.31. The number of nitrogens with zero attached hydrogens (tertiary/aromatic N) is 3. The summed E-state index contributed by atoms with van der Waals surface area (Å²) in [4.78, 5) is 8.90. The molecule has 0 aliphatic rings. The van der Waals surface area contributed by atoms with Crippen molar-refractivity contribution in [3.8, 4) is 11.6 Å². The van der Waals surface area contributed by atoms with E-state index in [2.05, 4.69) is 16.9 Å². The Morgan fingerprint density at radius 3 is 2.33 bits per heavy atom. The molecule has 1 aromatic heterocycles. The lowest BCUT2D eigenvalue weighted by Crippen LogP contribution is -2.38. The molecule has 1 heterocycles. The van der Waals surface area contributed by atoms with Crippen LogP contribution in [0.15, 0.2) is 77.9 Å². The molecule has 2 aromatic carbocycles. The monoisotopic (exact) mass is 492 g/mol. The number of aromatic nitrogens is 1. The first kappa shape index (κ1) is 28.8. The zero-order chi connectivity index (χ0) is 26.0. The summed E-state index contributed by atoms with van der Waals surface area (Å²) < 4.78 is 16.8. The summed E-state index contributed by atoms with van der Waals surface area (Å²) in [5.74, 6) is 8.32. The molecule has 3 aromatic rings. The highest BCUT2D eigenvalue weighted by Crippen LogP contribution is 2.19. The second kappa shape index (κ2) is 17.1. The highest BCUT2D eigenvalue weighted by atomic mass is 16.5. The number of rotatable bonds is 13. The van der Waals surface area contributed by atoms with Crippen LogP contribution in [-0.4, -0.2) is 31.3 Å². The predicted molar refractivity (Wildman–Crippen MR) is 148 cm³/mol. The molecular weight excluding hydrogens is 452 g/mol. The summed E-state index contributed by atoms with van der Waals surface area (Å²) in [5, 5.41) is 1.51. The van der Waals surface area contributed by atoms with Gasteiger partial charge in [0.25, 0.3) is 0 Å². The molecule has 0 saturated heterocycles. The number of benzene rings is 2. The summed E-state index contributed by atoms with van der Waals surface area (Å²) in [7, 11) is 1.58. The number of aliphatic imine (C=N–C) groups is 1. The maximum atomic E-state index is 6.45. The first-order valence-electron chi connectivity index (χ1n) is 12.7. The molecule has 194 valence electrons. The SMILES string of the molecule is CC.CCCCCCOC/N=C(/c1ccc(OCc2ccccc2)cc1)N(N)c1ccc(OC)nc1. The van der Waals surface area contributed by atoms with Crippen molar-refractivity contribution in [1.29, 1.82) is 0 Å². The number of pyridine rings is 1. The minimum atomic E-state index is 0.227. The van der Waals surface area contributed by atoms with E-state index < -0.39 is 0 Å². The average Bonchev–Trinajstić information content (AvgIpc) is 2.95. The molecule has 2 N–H and O–H groups in total. The van der Waals surface area contributed by atoms with E-state index in [4.69, 9.17) is 20.1 Å². The zero-order valence-corrected chi connectivity index (χ0v) is 22.0. The molecule has 0 spiro atoms. The van der Waals surface area contributed by atoms with E-state index in [0.717, 1.165) is 29.7 Å². The van der Waals surface area contributed by atoms with Crippen LogP contribution in [0.4, 0.5) is 5.69 Å². The highest BCUT2D eigenvalue weighted by Gasteiger charge is 2.14. The van der Waals surface area contributed by atoms with Crippen LogP contribution in [0, 0.1) is 0 Å². The van der Waals surface area contributed by atoms with Crippen molar-refractivity contribution in [3.63, 3.8) is 0 Å². The van der Waals surface area contributed by atoms with Gasteiger partial charge in [-0.25, -0.2) is 15.8 Å². The number of ether oxygens (including phenoxy) is 3. The molecule has 0 atom stereocenters. The third-order valence-corrected chi connectivity index (χ3v) is 5.24. The van der Waals surface area contributed by atoms with Crippen LogP contribution in [-0.2, 0) is 11.3 Å². The standard InChI is InChI=1S/C27H34N4O3.C2H6/c1-3-4-5-9-18-33-21-30-27(31(28)24-14-17-26(32-2)29-19-24)23-12-15-25(16-13-23)34-20-22-10-7-6-8-11-22;1-2/h6-8,10-17,19H,3-5,9,18,20-21,28H2,1-2H3;1-2H3/b30-27-;. The number of methoxy groups -OCH3 is 1. The quantitative estimate of drug-likeness (QED) is 0.0980. The summed E-state index contributed by atoms with van der Waals surface area (Å²) >= 11 is 0. The van der Waals surface area contributed by atoms with Crippen molar-refractivity contribution in [1.82, 2.24) is 4.98 Å². The molecule has 0 radical (unpaired) electrons. The molecule has 0 bridgehead atoms. The number of hydrogen-bond acceptors (Lipinski definition) is 6. The third-order valence-electron chi connectivity index (χ3n) is 5.24. The van der Waals surface area contributed by atoms with Gasteiger partial charge in [-0.15, -0.1) is 0 Å². The Morgan fingerprint density at radius 2 is 1.69 bits per heavy atom. The second-order valence-corrected chi connectivity index (χ2v) is 7.81. The van der Waals surface area contributed by atoms with Crippen LogP contribution in [0.1, 0.15) is 57.6 Å². The summed E-state index contributed by atoms with van der Waals surface area (Å²) in [6.45, 7) is 7.61. The van der Waals surface area contributed by atoms with Crippen molar-refractivity contribution in [2.24, 2.45) is 10.8 Å². The summed E-state index contributed by atoms with van der Waals surface area (Å²) in [6, 6.07) is 21.4.